The largest absolute Gasteiger partial charge is 0.342 e. The number of H-pyrrole nitrogens is 1. The van der Waals surface area contributed by atoms with Gasteiger partial charge in [-0.05, 0) is 37.6 Å². The van der Waals surface area contributed by atoms with Crippen molar-refractivity contribution in [1.82, 2.24) is 9.97 Å². The Morgan fingerprint density at radius 1 is 1.44 bits per heavy atom. The number of imidazole rings is 1. The molecule has 0 amide bonds. The molecular weight excluding hydrogens is 290 g/mol. The smallest absolute Gasteiger partial charge is 0.109 e. The van der Waals surface area contributed by atoms with Gasteiger partial charge in [0.15, 0.2) is 0 Å². The van der Waals surface area contributed by atoms with E-state index in [0.29, 0.717) is 12.5 Å². The Kier molecular flexibility index (Phi) is 4.19. The zero-order valence-electron chi connectivity index (χ0n) is 10.7. The summed E-state index contributed by atoms with van der Waals surface area (Å²) in [6.45, 7) is 4.93. The van der Waals surface area contributed by atoms with E-state index in [2.05, 4.69) is 51.9 Å². The first-order chi connectivity index (χ1) is 8.61. The third kappa shape index (κ3) is 2.82. The van der Waals surface area contributed by atoms with Crippen molar-refractivity contribution >= 4 is 15.9 Å². The highest BCUT2D eigenvalue weighted by molar-refractivity contribution is 9.10. The Hall–Kier alpha value is -1.13. The number of nitrogens with zero attached hydrogens (tertiary/aromatic N) is 1. The predicted molar refractivity (Wildman–Crippen MR) is 78.5 cm³/mol. The van der Waals surface area contributed by atoms with Crippen LogP contribution in [0.1, 0.15) is 30.7 Å². The summed E-state index contributed by atoms with van der Waals surface area (Å²) in [4.78, 5) is 7.85. The van der Waals surface area contributed by atoms with E-state index in [1.807, 2.05) is 12.3 Å². The Morgan fingerprint density at radius 3 is 2.94 bits per heavy atom. The van der Waals surface area contributed by atoms with Crippen LogP contribution in [-0.4, -0.2) is 16.5 Å². The first-order valence-electron chi connectivity index (χ1n) is 6.13. The van der Waals surface area contributed by atoms with E-state index in [9.17, 15) is 0 Å². The van der Waals surface area contributed by atoms with Gasteiger partial charge in [-0.25, -0.2) is 4.98 Å². The van der Waals surface area contributed by atoms with E-state index in [1.54, 1.807) is 0 Å². The van der Waals surface area contributed by atoms with Crippen molar-refractivity contribution in [3.8, 4) is 11.3 Å². The average Bonchev–Trinajstić information content (AvgIpc) is 2.82. The maximum atomic E-state index is 5.58. The molecule has 1 unspecified atom stereocenters. The molecule has 96 valence electrons. The van der Waals surface area contributed by atoms with Crippen LogP contribution in [0.2, 0.25) is 0 Å². The standard InChI is InChI=1S/C14H18BrN3/c1-9-3-4-11(15)7-12(9)13-8-17-14(18-13)10(2)5-6-16/h3-4,7-8,10H,5-6,16H2,1-2H3,(H,17,18). The summed E-state index contributed by atoms with van der Waals surface area (Å²) in [7, 11) is 0. The first-order valence-corrected chi connectivity index (χ1v) is 6.92. The summed E-state index contributed by atoms with van der Waals surface area (Å²) < 4.78 is 1.08. The molecule has 1 aromatic carbocycles. The zero-order chi connectivity index (χ0) is 13.1. The number of nitrogens with one attached hydrogen (secondary N) is 1. The van der Waals surface area contributed by atoms with Crippen molar-refractivity contribution in [2.24, 2.45) is 5.73 Å². The molecule has 2 rings (SSSR count). The van der Waals surface area contributed by atoms with Crippen LogP contribution in [0.5, 0.6) is 0 Å². The molecule has 0 radical (unpaired) electrons. The monoisotopic (exact) mass is 307 g/mol. The van der Waals surface area contributed by atoms with Crippen molar-refractivity contribution in [2.45, 2.75) is 26.2 Å². The van der Waals surface area contributed by atoms with Gasteiger partial charge in [-0.15, -0.1) is 0 Å². The fourth-order valence-electron chi connectivity index (χ4n) is 2.00. The molecule has 0 fully saturated rings. The predicted octanol–water partition coefficient (Wildman–Crippen LogP) is 3.60. The van der Waals surface area contributed by atoms with Crippen LogP contribution in [0.4, 0.5) is 0 Å². The highest BCUT2D eigenvalue weighted by atomic mass is 79.9. The van der Waals surface area contributed by atoms with Crippen LogP contribution in [0.3, 0.4) is 0 Å². The van der Waals surface area contributed by atoms with Gasteiger partial charge in [-0.1, -0.05) is 28.9 Å². The average molecular weight is 308 g/mol. The van der Waals surface area contributed by atoms with Gasteiger partial charge in [-0.3, -0.25) is 0 Å². The number of benzene rings is 1. The quantitative estimate of drug-likeness (QED) is 0.906. The van der Waals surface area contributed by atoms with Gasteiger partial charge < -0.3 is 10.7 Å². The van der Waals surface area contributed by atoms with Gasteiger partial charge in [-0.2, -0.15) is 0 Å². The highest BCUT2D eigenvalue weighted by Crippen LogP contribution is 2.27. The summed E-state index contributed by atoms with van der Waals surface area (Å²) in [6.07, 6.45) is 2.85. The van der Waals surface area contributed by atoms with Crippen molar-refractivity contribution in [1.29, 1.82) is 0 Å². The molecular formula is C14H18BrN3. The van der Waals surface area contributed by atoms with Gasteiger partial charge in [0.1, 0.15) is 5.82 Å². The Labute approximate surface area is 116 Å². The fourth-order valence-corrected chi connectivity index (χ4v) is 2.36. The van der Waals surface area contributed by atoms with Crippen molar-refractivity contribution in [3.05, 3.63) is 40.3 Å². The van der Waals surface area contributed by atoms with Gasteiger partial charge in [0.05, 0.1) is 11.9 Å². The van der Waals surface area contributed by atoms with E-state index in [1.165, 1.54) is 11.1 Å². The lowest BCUT2D eigenvalue weighted by atomic mass is 10.1. The Balaban J connectivity index is 2.32. The molecule has 18 heavy (non-hydrogen) atoms. The number of halogens is 1. The highest BCUT2D eigenvalue weighted by Gasteiger charge is 2.11. The molecule has 1 aromatic heterocycles. The second kappa shape index (κ2) is 5.67. The topological polar surface area (TPSA) is 54.7 Å². The van der Waals surface area contributed by atoms with Crippen molar-refractivity contribution in [3.63, 3.8) is 0 Å². The molecule has 4 heteroatoms. The summed E-state index contributed by atoms with van der Waals surface area (Å²) in [6, 6.07) is 6.26. The maximum Gasteiger partial charge on any atom is 0.109 e. The molecule has 0 saturated heterocycles. The van der Waals surface area contributed by atoms with Crippen LogP contribution < -0.4 is 5.73 Å². The molecule has 0 aliphatic rings. The number of hydrogen-bond donors (Lipinski definition) is 2. The molecule has 2 aromatic rings. The molecule has 1 heterocycles. The van der Waals surface area contributed by atoms with Crippen LogP contribution in [0.15, 0.2) is 28.9 Å². The fraction of sp³-hybridized carbons (Fsp3) is 0.357. The molecule has 3 N–H and O–H groups in total. The number of nitrogens with two attached hydrogens (primary N) is 1. The molecule has 0 saturated carbocycles. The van der Waals surface area contributed by atoms with Crippen LogP contribution in [0.25, 0.3) is 11.3 Å². The summed E-state index contributed by atoms with van der Waals surface area (Å²) in [5, 5.41) is 0. The Morgan fingerprint density at radius 2 is 2.22 bits per heavy atom. The normalized spacial score (nSPS) is 12.7. The van der Waals surface area contributed by atoms with Gasteiger partial charge in [0, 0.05) is 16.0 Å². The minimum atomic E-state index is 0.371. The van der Waals surface area contributed by atoms with Gasteiger partial charge >= 0.3 is 0 Å². The summed E-state index contributed by atoms with van der Waals surface area (Å²) in [5.41, 5.74) is 9.06. The third-order valence-electron chi connectivity index (χ3n) is 3.15. The van der Waals surface area contributed by atoms with Crippen LogP contribution >= 0.6 is 15.9 Å². The van der Waals surface area contributed by atoms with E-state index < -0.39 is 0 Å². The van der Waals surface area contributed by atoms with Crippen molar-refractivity contribution in [2.75, 3.05) is 6.54 Å². The van der Waals surface area contributed by atoms with E-state index in [0.717, 1.165) is 22.4 Å². The first kappa shape index (κ1) is 13.3. The third-order valence-corrected chi connectivity index (χ3v) is 3.64. The number of aromatic amines is 1. The molecule has 0 aliphatic carbocycles. The number of rotatable bonds is 4. The molecule has 0 bridgehead atoms. The summed E-state index contributed by atoms with van der Waals surface area (Å²) in [5.74, 6) is 1.38. The van der Waals surface area contributed by atoms with E-state index in [4.69, 9.17) is 5.73 Å². The van der Waals surface area contributed by atoms with Crippen LogP contribution in [0, 0.1) is 6.92 Å². The Bertz CT molecular complexity index is 534. The zero-order valence-corrected chi connectivity index (χ0v) is 12.3. The van der Waals surface area contributed by atoms with Crippen molar-refractivity contribution < 1.29 is 0 Å². The van der Waals surface area contributed by atoms with Crippen LogP contribution in [-0.2, 0) is 0 Å². The van der Waals surface area contributed by atoms with Gasteiger partial charge in [0.25, 0.3) is 0 Å². The number of aromatic nitrogens is 2. The summed E-state index contributed by atoms with van der Waals surface area (Å²) >= 11 is 3.50. The molecule has 0 aliphatic heterocycles. The lowest BCUT2D eigenvalue weighted by molar-refractivity contribution is 0.655. The van der Waals surface area contributed by atoms with Gasteiger partial charge in [0.2, 0.25) is 0 Å². The van der Waals surface area contributed by atoms with E-state index in [-0.39, 0.29) is 0 Å². The minimum Gasteiger partial charge on any atom is -0.342 e. The minimum absolute atomic E-state index is 0.371. The molecule has 0 spiro atoms. The van der Waals surface area contributed by atoms with E-state index >= 15 is 0 Å². The lowest BCUT2D eigenvalue weighted by Gasteiger charge is -2.06. The number of aryl methyl sites for hydroxylation is 1. The SMILES string of the molecule is Cc1ccc(Br)cc1-c1cnc(C(C)CCN)[nH]1. The second-order valence-electron chi connectivity index (χ2n) is 4.62. The molecule has 3 nitrogen and oxygen atoms in total. The lowest BCUT2D eigenvalue weighted by Crippen LogP contribution is -2.05. The molecule has 1 atom stereocenters. The second-order valence-corrected chi connectivity index (χ2v) is 5.54. The maximum absolute atomic E-state index is 5.58. The number of hydrogen-bond acceptors (Lipinski definition) is 2.